The van der Waals surface area contributed by atoms with Gasteiger partial charge in [0, 0.05) is 26.6 Å². The van der Waals surface area contributed by atoms with Gasteiger partial charge >= 0.3 is 0 Å². The monoisotopic (exact) mass is 511 g/mol. The fourth-order valence-corrected chi connectivity index (χ4v) is 5.86. The molecule has 2 aromatic rings. The highest BCUT2D eigenvalue weighted by Gasteiger charge is 2.47. The van der Waals surface area contributed by atoms with Crippen molar-refractivity contribution >= 4 is 17.7 Å². The zero-order valence-corrected chi connectivity index (χ0v) is 20.6. The van der Waals surface area contributed by atoms with Gasteiger partial charge in [0.15, 0.2) is 5.69 Å². The Bertz CT molecular complexity index is 1300. The van der Waals surface area contributed by atoms with Gasteiger partial charge in [0.25, 0.3) is 11.5 Å². The highest BCUT2D eigenvalue weighted by molar-refractivity contribution is 5.94. The predicted octanol–water partition coefficient (Wildman–Crippen LogP) is 1.54. The Balaban J connectivity index is 1.47. The molecule has 1 saturated carbocycles. The number of benzene rings is 1. The van der Waals surface area contributed by atoms with Gasteiger partial charge in [0.2, 0.25) is 17.6 Å². The number of fused-ring (bicyclic) bond motifs is 2. The van der Waals surface area contributed by atoms with E-state index in [0.717, 1.165) is 19.3 Å². The third kappa shape index (κ3) is 4.58. The molecule has 10 nitrogen and oxygen atoms in total. The van der Waals surface area contributed by atoms with Gasteiger partial charge in [-0.1, -0.05) is 12.1 Å². The normalized spacial score (nSPS) is 24.3. The molecular formula is C26H30FN5O5. The highest BCUT2D eigenvalue weighted by atomic mass is 19.1. The second kappa shape index (κ2) is 9.60. The predicted molar refractivity (Wildman–Crippen MR) is 130 cm³/mol. The van der Waals surface area contributed by atoms with Gasteiger partial charge in [0.1, 0.15) is 17.7 Å². The van der Waals surface area contributed by atoms with Crippen LogP contribution in [0.4, 0.5) is 4.39 Å². The molecule has 1 atom stereocenters. The maximum atomic E-state index is 13.4. The molecule has 11 heteroatoms. The van der Waals surface area contributed by atoms with E-state index in [0.29, 0.717) is 37.9 Å². The number of hydrogen-bond acceptors (Lipinski definition) is 6. The molecule has 1 aromatic heterocycles. The average Bonchev–Trinajstić information content (AvgIpc) is 3.27. The minimum atomic E-state index is -0.992. The van der Waals surface area contributed by atoms with Crippen LogP contribution in [-0.2, 0) is 28.2 Å². The Hall–Kier alpha value is -3.76. The van der Waals surface area contributed by atoms with Crippen LogP contribution in [0, 0.1) is 11.7 Å². The lowest BCUT2D eigenvalue weighted by Crippen LogP contribution is -2.55. The number of halogens is 1. The topological polar surface area (TPSA) is 134 Å². The van der Waals surface area contributed by atoms with Gasteiger partial charge in [-0.3, -0.25) is 23.7 Å². The zero-order valence-electron chi connectivity index (χ0n) is 20.6. The smallest absolute Gasteiger partial charge is 0.296 e. The quantitative estimate of drug-likeness (QED) is 0.558. The van der Waals surface area contributed by atoms with Crippen LogP contribution in [0.5, 0.6) is 5.75 Å². The van der Waals surface area contributed by atoms with Crippen molar-refractivity contribution in [1.29, 1.82) is 0 Å². The minimum Gasteiger partial charge on any atom is -0.501 e. The van der Waals surface area contributed by atoms with Crippen LogP contribution in [0.25, 0.3) is 0 Å². The number of rotatable bonds is 5. The van der Waals surface area contributed by atoms with Crippen molar-refractivity contribution in [2.24, 2.45) is 5.92 Å². The fraction of sp³-hybridized carbons (Fsp3) is 0.500. The summed E-state index contributed by atoms with van der Waals surface area (Å²) in [6, 6.07) is 4.99. The van der Waals surface area contributed by atoms with E-state index in [1.807, 2.05) is 0 Å². The van der Waals surface area contributed by atoms with Crippen LogP contribution in [-0.4, -0.2) is 49.9 Å². The third-order valence-electron chi connectivity index (χ3n) is 7.88. The first-order chi connectivity index (χ1) is 17.7. The molecule has 3 aliphatic heterocycles. The van der Waals surface area contributed by atoms with Crippen LogP contribution in [0.15, 0.2) is 29.1 Å². The molecule has 1 aliphatic carbocycles. The zero-order chi connectivity index (χ0) is 26.3. The van der Waals surface area contributed by atoms with Gasteiger partial charge in [-0.2, -0.15) is 0 Å². The molecule has 1 saturated heterocycles. The number of nitrogens with one attached hydrogen (secondary N) is 2. The van der Waals surface area contributed by atoms with Crippen molar-refractivity contribution in [2.75, 3.05) is 6.54 Å². The summed E-state index contributed by atoms with van der Waals surface area (Å²) in [4.78, 5) is 57.7. The van der Waals surface area contributed by atoms with Gasteiger partial charge in [-0.15, -0.1) is 0 Å². The summed E-state index contributed by atoms with van der Waals surface area (Å²) in [7, 11) is 0. The number of aromatic hydroxyl groups is 1. The number of carbonyl (C=O) groups is 3. The fourth-order valence-electron chi connectivity index (χ4n) is 5.86. The summed E-state index contributed by atoms with van der Waals surface area (Å²) < 4.78 is 14.6. The first kappa shape index (κ1) is 24.9. The number of amides is 3. The summed E-state index contributed by atoms with van der Waals surface area (Å²) >= 11 is 0. The average molecular weight is 512 g/mol. The molecule has 1 aromatic carbocycles. The number of carbonyl (C=O) groups excluding carboxylic acids is 3. The molecule has 3 N–H and O–H groups in total. The molecule has 2 bridgehead atoms. The highest BCUT2D eigenvalue weighted by Crippen LogP contribution is 2.43. The second-order valence-corrected chi connectivity index (χ2v) is 10.2. The van der Waals surface area contributed by atoms with Crippen LogP contribution in [0.3, 0.4) is 0 Å². The molecule has 196 valence electrons. The van der Waals surface area contributed by atoms with E-state index in [1.54, 1.807) is 4.90 Å². The van der Waals surface area contributed by atoms with Crippen LogP contribution < -0.4 is 16.2 Å². The van der Waals surface area contributed by atoms with Gasteiger partial charge in [-0.05, 0) is 62.1 Å². The van der Waals surface area contributed by atoms with E-state index in [2.05, 4.69) is 15.6 Å². The lowest BCUT2D eigenvalue weighted by Gasteiger charge is -2.38. The molecule has 3 amide bonds. The van der Waals surface area contributed by atoms with Crippen molar-refractivity contribution in [3.8, 4) is 5.75 Å². The van der Waals surface area contributed by atoms with E-state index < -0.39 is 40.3 Å². The summed E-state index contributed by atoms with van der Waals surface area (Å²) in [5, 5.41) is 16.4. The van der Waals surface area contributed by atoms with Gasteiger partial charge in [0.05, 0.1) is 5.54 Å². The molecule has 4 aliphatic rings. The van der Waals surface area contributed by atoms with E-state index in [-0.39, 0.29) is 30.1 Å². The van der Waals surface area contributed by atoms with Crippen LogP contribution in [0.2, 0.25) is 0 Å². The first-order valence-electron chi connectivity index (χ1n) is 12.6. The van der Waals surface area contributed by atoms with E-state index in [9.17, 15) is 28.7 Å². The van der Waals surface area contributed by atoms with E-state index >= 15 is 0 Å². The van der Waals surface area contributed by atoms with Crippen molar-refractivity contribution < 1.29 is 23.9 Å². The van der Waals surface area contributed by atoms with Gasteiger partial charge in [-0.25, -0.2) is 9.37 Å². The molecule has 6 rings (SSSR count). The van der Waals surface area contributed by atoms with Gasteiger partial charge < -0.3 is 20.6 Å². The molecule has 0 spiro atoms. The summed E-state index contributed by atoms with van der Waals surface area (Å²) in [6.45, 7) is 2.35. The van der Waals surface area contributed by atoms with Crippen LogP contribution in [0.1, 0.15) is 67.3 Å². The van der Waals surface area contributed by atoms with Crippen LogP contribution >= 0.6 is 0 Å². The Morgan fingerprint density at radius 2 is 1.86 bits per heavy atom. The molecule has 37 heavy (non-hydrogen) atoms. The maximum absolute atomic E-state index is 13.4. The Kier molecular flexibility index (Phi) is 6.47. The Labute approximate surface area is 212 Å². The second-order valence-electron chi connectivity index (χ2n) is 10.2. The Morgan fingerprint density at radius 1 is 1.16 bits per heavy atom. The molecular weight excluding hydrogens is 481 g/mol. The summed E-state index contributed by atoms with van der Waals surface area (Å²) in [5.74, 6) is -1.93. The number of aromatic nitrogens is 2. The van der Waals surface area contributed by atoms with Crippen molar-refractivity contribution in [2.45, 2.75) is 70.1 Å². The lowest BCUT2D eigenvalue weighted by atomic mass is 9.77. The largest absolute Gasteiger partial charge is 0.501 e. The summed E-state index contributed by atoms with van der Waals surface area (Å²) in [5.41, 5.74) is -1.50. The SMILES string of the molecule is CC(=O)N1CCC[C@H]1C(=O)NC12CCC(CC1)Cn1c2nc(C(=O)NCc2ccc(F)cc2)c(O)c1=O. The standard InChI is InChI=1S/C26H30FN5O5/c1-15(33)31-12-2-3-19(31)22(35)30-26-10-8-17(9-11-26)14-32-24(37)21(34)20(29-25(26)32)23(36)28-13-16-4-6-18(27)7-5-16/h4-7,17,19,34H,2-3,8-14H2,1H3,(H,28,36)(H,30,35)/t17?,19-,26?/m0/s1. The van der Waals surface area contributed by atoms with E-state index in [4.69, 9.17) is 0 Å². The number of nitrogens with zero attached hydrogens (tertiary/aromatic N) is 3. The molecule has 0 radical (unpaired) electrons. The van der Waals surface area contributed by atoms with E-state index in [1.165, 1.54) is 35.8 Å². The third-order valence-corrected chi connectivity index (χ3v) is 7.88. The molecule has 0 unspecified atom stereocenters. The maximum Gasteiger partial charge on any atom is 0.296 e. The first-order valence-corrected chi connectivity index (χ1v) is 12.6. The Morgan fingerprint density at radius 3 is 2.54 bits per heavy atom. The lowest BCUT2D eigenvalue weighted by molar-refractivity contribution is -0.138. The molecule has 2 fully saturated rings. The van der Waals surface area contributed by atoms with Crippen molar-refractivity contribution in [3.05, 3.63) is 57.5 Å². The van der Waals surface area contributed by atoms with Crippen molar-refractivity contribution in [1.82, 2.24) is 25.1 Å². The minimum absolute atomic E-state index is 0.0468. The number of likely N-dealkylation sites (tertiary alicyclic amines) is 1. The number of hydrogen-bond donors (Lipinski definition) is 3. The molecule has 4 heterocycles. The summed E-state index contributed by atoms with van der Waals surface area (Å²) in [6.07, 6.45) is 3.84. The van der Waals surface area contributed by atoms with Crippen molar-refractivity contribution in [3.63, 3.8) is 0 Å².